The third-order valence-electron chi connectivity index (χ3n) is 7.91. The van der Waals surface area contributed by atoms with E-state index in [4.69, 9.17) is 0 Å². The van der Waals surface area contributed by atoms with E-state index in [2.05, 4.69) is 29.2 Å². The number of likely N-dealkylation sites (tertiary alicyclic amines) is 1. The van der Waals surface area contributed by atoms with Crippen molar-refractivity contribution in [2.24, 2.45) is 11.8 Å². The number of rotatable bonds is 5. The summed E-state index contributed by atoms with van der Waals surface area (Å²) in [5, 5.41) is 0. The van der Waals surface area contributed by atoms with Crippen LogP contribution in [-0.2, 0) is 20.9 Å². The average Bonchev–Trinajstić information content (AvgIpc) is 3.31. The van der Waals surface area contributed by atoms with Gasteiger partial charge in [-0.3, -0.25) is 19.3 Å². The molecular weight excluding hydrogens is 452 g/mol. The summed E-state index contributed by atoms with van der Waals surface area (Å²) < 4.78 is 0. The van der Waals surface area contributed by atoms with Gasteiger partial charge in [-0.05, 0) is 37.5 Å². The molecule has 2 aromatic rings. The molecule has 0 aliphatic carbocycles. The topological polar surface area (TPSA) is 64.2 Å². The fraction of sp³-hybridized carbons (Fsp3) is 0.483. The third-order valence-corrected chi connectivity index (χ3v) is 7.91. The van der Waals surface area contributed by atoms with Crippen molar-refractivity contribution in [2.45, 2.75) is 32.7 Å². The lowest BCUT2D eigenvalue weighted by Gasteiger charge is -2.39. The molecule has 190 valence electrons. The van der Waals surface area contributed by atoms with Crippen molar-refractivity contribution in [3.8, 4) is 0 Å². The minimum atomic E-state index is -0.302. The minimum absolute atomic E-state index is 0.00803. The van der Waals surface area contributed by atoms with Gasteiger partial charge in [-0.1, -0.05) is 48.0 Å². The lowest BCUT2D eigenvalue weighted by atomic mass is 9.93. The average molecular weight is 489 g/mol. The highest BCUT2D eigenvalue weighted by Gasteiger charge is 2.39. The van der Waals surface area contributed by atoms with Crippen LogP contribution in [0.3, 0.4) is 0 Å². The Bertz CT molecular complexity index is 1070. The second-order valence-electron chi connectivity index (χ2n) is 10.4. The Balaban J connectivity index is 1.08. The van der Waals surface area contributed by atoms with E-state index >= 15 is 0 Å². The van der Waals surface area contributed by atoms with E-state index in [1.54, 1.807) is 4.90 Å². The molecule has 3 saturated heterocycles. The Morgan fingerprint density at radius 3 is 2.06 bits per heavy atom. The fourth-order valence-corrected chi connectivity index (χ4v) is 5.68. The molecular formula is C29H36N4O3. The molecule has 3 aliphatic rings. The highest BCUT2D eigenvalue weighted by atomic mass is 16.2. The monoisotopic (exact) mass is 488 g/mol. The Kier molecular flexibility index (Phi) is 7.37. The molecule has 1 atom stereocenters. The molecule has 36 heavy (non-hydrogen) atoms. The van der Waals surface area contributed by atoms with Crippen LogP contribution in [0.25, 0.3) is 0 Å². The van der Waals surface area contributed by atoms with Crippen molar-refractivity contribution < 1.29 is 14.4 Å². The first-order chi connectivity index (χ1) is 17.5. The van der Waals surface area contributed by atoms with Gasteiger partial charge in [-0.25, -0.2) is 0 Å². The van der Waals surface area contributed by atoms with Crippen LogP contribution in [0.4, 0.5) is 5.69 Å². The van der Waals surface area contributed by atoms with Crippen LogP contribution in [0.1, 0.15) is 30.4 Å². The van der Waals surface area contributed by atoms with E-state index in [-0.39, 0.29) is 36.0 Å². The molecule has 0 N–H and O–H groups in total. The predicted molar refractivity (Wildman–Crippen MR) is 139 cm³/mol. The largest absolute Gasteiger partial charge is 0.342 e. The van der Waals surface area contributed by atoms with Crippen molar-refractivity contribution in [3.63, 3.8) is 0 Å². The number of benzene rings is 2. The highest BCUT2D eigenvalue weighted by Crippen LogP contribution is 2.29. The molecule has 3 heterocycles. The predicted octanol–water partition coefficient (Wildman–Crippen LogP) is 2.93. The van der Waals surface area contributed by atoms with E-state index in [0.717, 1.165) is 44.0 Å². The van der Waals surface area contributed by atoms with Crippen LogP contribution in [0, 0.1) is 18.8 Å². The van der Waals surface area contributed by atoms with Gasteiger partial charge in [0, 0.05) is 70.4 Å². The summed E-state index contributed by atoms with van der Waals surface area (Å²) in [6.07, 6.45) is 1.67. The molecule has 0 aromatic heterocycles. The number of hydrogen-bond acceptors (Lipinski definition) is 4. The standard InChI is InChI=1S/C29H36N4O3/c1-22-7-9-26(10-8-22)33-21-25(19-27(33)34)29(36)31-13-11-24(12-14-31)28(35)32-17-15-30(16-18-32)20-23-5-3-2-4-6-23/h2-10,24-25H,11-21H2,1H3. The summed E-state index contributed by atoms with van der Waals surface area (Å²) in [6.45, 7) is 7.89. The van der Waals surface area contributed by atoms with Crippen LogP contribution in [0.2, 0.25) is 0 Å². The second-order valence-corrected chi connectivity index (χ2v) is 10.4. The molecule has 3 amide bonds. The Morgan fingerprint density at radius 1 is 0.778 bits per heavy atom. The van der Waals surface area contributed by atoms with Crippen LogP contribution in [0.5, 0.6) is 0 Å². The van der Waals surface area contributed by atoms with Crippen molar-refractivity contribution in [2.75, 3.05) is 50.7 Å². The maximum Gasteiger partial charge on any atom is 0.228 e. The number of carbonyl (C=O) groups is 3. The fourth-order valence-electron chi connectivity index (χ4n) is 5.68. The third kappa shape index (κ3) is 5.46. The van der Waals surface area contributed by atoms with Gasteiger partial charge in [0.05, 0.1) is 5.92 Å². The number of aryl methyl sites for hydroxylation is 1. The molecule has 3 fully saturated rings. The van der Waals surface area contributed by atoms with Crippen LogP contribution >= 0.6 is 0 Å². The van der Waals surface area contributed by atoms with Gasteiger partial charge in [0.25, 0.3) is 0 Å². The van der Waals surface area contributed by atoms with Crippen LogP contribution in [-0.4, -0.2) is 78.2 Å². The summed E-state index contributed by atoms with van der Waals surface area (Å²) >= 11 is 0. The van der Waals surface area contributed by atoms with E-state index in [0.29, 0.717) is 32.5 Å². The summed E-state index contributed by atoms with van der Waals surface area (Å²) in [4.78, 5) is 47.0. The molecule has 0 radical (unpaired) electrons. The zero-order chi connectivity index (χ0) is 25.1. The Hall–Kier alpha value is -3.19. The Morgan fingerprint density at radius 2 is 1.39 bits per heavy atom. The summed E-state index contributed by atoms with van der Waals surface area (Å²) in [6, 6.07) is 18.3. The van der Waals surface area contributed by atoms with Crippen molar-refractivity contribution in [1.82, 2.24) is 14.7 Å². The number of piperazine rings is 1. The molecule has 5 rings (SSSR count). The molecule has 7 heteroatoms. The van der Waals surface area contributed by atoms with E-state index < -0.39 is 0 Å². The second kappa shape index (κ2) is 10.8. The number of hydrogen-bond donors (Lipinski definition) is 0. The van der Waals surface area contributed by atoms with Gasteiger partial charge < -0.3 is 14.7 Å². The molecule has 1 unspecified atom stereocenters. The van der Waals surface area contributed by atoms with Crippen molar-refractivity contribution in [1.29, 1.82) is 0 Å². The normalized spacial score (nSPS) is 21.8. The van der Waals surface area contributed by atoms with Gasteiger partial charge in [0.1, 0.15) is 0 Å². The molecule has 3 aliphatic heterocycles. The first-order valence-corrected chi connectivity index (χ1v) is 13.2. The van der Waals surface area contributed by atoms with Crippen LogP contribution < -0.4 is 4.90 Å². The number of carbonyl (C=O) groups excluding carboxylic acids is 3. The summed E-state index contributed by atoms with van der Waals surface area (Å²) in [7, 11) is 0. The number of piperidine rings is 1. The zero-order valence-electron chi connectivity index (χ0n) is 21.1. The number of nitrogens with zero attached hydrogens (tertiary/aromatic N) is 4. The van der Waals surface area contributed by atoms with Gasteiger partial charge in [-0.15, -0.1) is 0 Å². The highest BCUT2D eigenvalue weighted by molar-refractivity contribution is 6.00. The first-order valence-electron chi connectivity index (χ1n) is 13.2. The van der Waals surface area contributed by atoms with E-state index in [1.165, 1.54) is 5.56 Å². The van der Waals surface area contributed by atoms with Crippen LogP contribution in [0.15, 0.2) is 54.6 Å². The summed E-state index contributed by atoms with van der Waals surface area (Å²) in [5.41, 5.74) is 3.30. The SMILES string of the molecule is Cc1ccc(N2CC(C(=O)N3CCC(C(=O)N4CCN(Cc5ccccc5)CC4)CC3)CC2=O)cc1. The molecule has 0 spiro atoms. The van der Waals surface area contributed by atoms with Crippen molar-refractivity contribution >= 4 is 23.4 Å². The van der Waals surface area contributed by atoms with Gasteiger partial charge in [0.15, 0.2) is 0 Å². The Labute approximate surface area is 213 Å². The number of anilines is 1. The van der Waals surface area contributed by atoms with Gasteiger partial charge >= 0.3 is 0 Å². The maximum atomic E-state index is 13.2. The molecule has 2 aromatic carbocycles. The lowest BCUT2D eigenvalue weighted by molar-refractivity contribution is -0.143. The molecule has 7 nitrogen and oxygen atoms in total. The number of amides is 3. The first kappa shape index (κ1) is 24.5. The van der Waals surface area contributed by atoms with Gasteiger partial charge in [-0.2, -0.15) is 0 Å². The molecule has 0 bridgehead atoms. The van der Waals surface area contributed by atoms with E-state index in [9.17, 15) is 14.4 Å². The van der Waals surface area contributed by atoms with Crippen molar-refractivity contribution in [3.05, 3.63) is 65.7 Å². The smallest absolute Gasteiger partial charge is 0.228 e. The molecule has 0 saturated carbocycles. The quantitative estimate of drug-likeness (QED) is 0.649. The summed E-state index contributed by atoms with van der Waals surface area (Å²) in [5.74, 6) is -0.0113. The maximum absolute atomic E-state index is 13.2. The lowest BCUT2D eigenvalue weighted by Crippen LogP contribution is -2.52. The zero-order valence-corrected chi connectivity index (χ0v) is 21.1. The minimum Gasteiger partial charge on any atom is -0.342 e. The van der Waals surface area contributed by atoms with E-state index in [1.807, 2.05) is 47.1 Å². The van der Waals surface area contributed by atoms with Gasteiger partial charge in [0.2, 0.25) is 17.7 Å².